The molecule has 1 N–H and O–H groups in total. The van der Waals surface area contributed by atoms with Crippen LogP contribution in [0.1, 0.15) is 24.6 Å². The maximum Gasteiger partial charge on any atom is 0.281 e. The van der Waals surface area contributed by atoms with Gasteiger partial charge in [-0.25, -0.2) is 9.07 Å². The Labute approximate surface area is 113 Å². The van der Waals surface area contributed by atoms with E-state index in [4.69, 9.17) is 0 Å². The van der Waals surface area contributed by atoms with Crippen LogP contribution in [-0.2, 0) is 13.0 Å². The van der Waals surface area contributed by atoms with E-state index < -0.39 is 0 Å². The summed E-state index contributed by atoms with van der Waals surface area (Å²) in [7, 11) is 0. The summed E-state index contributed by atoms with van der Waals surface area (Å²) in [5.74, 6) is -0.292. The predicted molar refractivity (Wildman–Crippen MR) is 72.2 cm³/mol. The number of aromatic amines is 1. The van der Waals surface area contributed by atoms with Crippen molar-refractivity contribution in [3.63, 3.8) is 0 Å². The SMILES string of the molecule is CCCc1[nH]n(Cc2cccc(F)c2)c(=O)c1Br. The number of rotatable bonds is 4. The Morgan fingerprint density at radius 2 is 2.22 bits per heavy atom. The number of hydrogen-bond acceptors (Lipinski definition) is 1. The van der Waals surface area contributed by atoms with Crippen LogP contribution in [0.25, 0.3) is 0 Å². The van der Waals surface area contributed by atoms with E-state index in [9.17, 15) is 9.18 Å². The van der Waals surface area contributed by atoms with E-state index in [1.807, 2.05) is 0 Å². The van der Waals surface area contributed by atoms with Crippen LogP contribution in [0.3, 0.4) is 0 Å². The van der Waals surface area contributed by atoms with Gasteiger partial charge in [0.05, 0.1) is 12.2 Å². The molecule has 0 radical (unpaired) electrons. The molecule has 1 aromatic heterocycles. The van der Waals surface area contributed by atoms with Crippen molar-refractivity contribution in [2.24, 2.45) is 0 Å². The van der Waals surface area contributed by atoms with E-state index >= 15 is 0 Å². The monoisotopic (exact) mass is 312 g/mol. The highest BCUT2D eigenvalue weighted by molar-refractivity contribution is 9.10. The summed E-state index contributed by atoms with van der Waals surface area (Å²) in [6.45, 7) is 2.40. The molecule has 3 nitrogen and oxygen atoms in total. The lowest BCUT2D eigenvalue weighted by Gasteiger charge is -2.02. The lowest BCUT2D eigenvalue weighted by atomic mass is 10.2. The van der Waals surface area contributed by atoms with Gasteiger partial charge in [-0.05, 0) is 40.0 Å². The molecule has 96 valence electrons. The first-order valence-corrected chi connectivity index (χ1v) is 6.62. The molecule has 5 heteroatoms. The van der Waals surface area contributed by atoms with Crippen LogP contribution in [0.2, 0.25) is 0 Å². The average molecular weight is 313 g/mol. The number of aromatic nitrogens is 2. The molecule has 0 bridgehead atoms. The lowest BCUT2D eigenvalue weighted by molar-refractivity contribution is 0.613. The van der Waals surface area contributed by atoms with Gasteiger partial charge in [-0.1, -0.05) is 25.5 Å². The smallest absolute Gasteiger partial charge is 0.281 e. The largest absolute Gasteiger partial charge is 0.298 e. The van der Waals surface area contributed by atoms with Crippen molar-refractivity contribution in [3.8, 4) is 0 Å². The Bertz CT molecular complexity index is 603. The number of benzene rings is 1. The summed E-state index contributed by atoms with van der Waals surface area (Å²) in [5.41, 5.74) is 1.54. The second kappa shape index (κ2) is 5.52. The van der Waals surface area contributed by atoms with E-state index in [0.29, 0.717) is 11.0 Å². The molecule has 18 heavy (non-hydrogen) atoms. The fraction of sp³-hybridized carbons (Fsp3) is 0.308. The number of halogens is 2. The van der Waals surface area contributed by atoms with Crippen molar-refractivity contribution in [2.75, 3.05) is 0 Å². The Morgan fingerprint density at radius 3 is 2.89 bits per heavy atom. The highest BCUT2D eigenvalue weighted by Gasteiger charge is 2.11. The van der Waals surface area contributed by atoms with Crippen molar-refractivity contribution < 1.29 is 4.39 Å². The van der Waals surface area contributed by atoms with Crippen molar-refractivity contribution in [2.45, 2.75) is 26.3 Å². The summed E-state index contributed by atoms with van der Waals surface area (Å²) < 4.78 is 15.1. The van der Waals surface area contributed by atoms with E-state index in [2.05, 4.69) is 28.0 Å². The third-order valence-electron chi connectivity index (χ3n) is 2.70. The molecule has 0 amide bonds. The van der Waals surface area contributed by atoms with Gasteiger partial charge < -0.3 is 0 Å². The van der Waals surface area contributed by atoms with E-state index in [1.54, 1.807) is 12.1 Å². The molecule has 0 aliphatic heterocycles. The van der Waals surface area contributed by atoms with Crippen LogP contribution in [0.5, 0.6) is 0 Å². The Morgan fingerprint density at radius 1 is 1.44 bits per heavy atom. The van der Waals surface area contributed by atoms with E-state index in [0.717, 1.165) is 24.1 Å². The lowest BCUT2D eigenvalue weighted by Crippen LogP contribution is -2.17. The molecule has 2 rings (SSSR count). The third kappa shape index (κ3) is 2.72. The van der Waals surface area contributed by atoms with Crippen molar-refractivity contribution in [3.05, 3.63) is 56.2 Å². The van der Waals surface area contributed by atoms with Crippen LogP contribution in [0.15, 0.2) is 33.5 Å². The summed E-state index contributed by atoms with van der Waals surface area (Å²) in [5, 5.41) is 3.05. The molecule has 1 aromatic carbocycles. The molecule has 2 aromatic rings. The number of hydrogen-bond donors (Lipinski definition) is 1. The van der Waals surface area contributed by atoms with Gasteiger partial charge in [-0.3, -0.25) is 9.89 Å². The molecule has 1 heterocycles. The zero-order chi connectivity index (χ0) is 13.1. The number of aryl methyl sites for hydroxylation is 1. The zero-order valence-electron chi connectivity index (χ0n) is 10.0. The van der Waals surface area contributed by atoms with Crippen LogP contribution >= 0.6 is 15.9 Å². The maximum absolute atomic E-state index is 13.1. The first-order valence-electron chi connectivity index (χ1n) is 5.83. The second-order valence-corrected chi connectivity index (χ2v) is 4.97. The number of nitrogens with zero attached hydrogens (tertiary/aromatic N) is 1. The van der Waals surface area contributed by atoms with Crippen molar-refractivity contribution in [1.82, 2.24) is 9.78 Å². The maximum atomic E-state index is 13.1. The van der Waals surface area contributed by atoms with Crippen molar-refractivity contribution in [1.29, 1.82) is 0 Å². The number of H-pyrrole nitrogens is 1. The predicted octanol–water partition coefficient (Wildman–Crippen LogP) is 3.08. The fourth-order valence-electron chi connectivity index (χ4n) is 1.86. The van der Waals surface area contributed by atoms with Gasteiger partial charge in [0.1, 0.15) is 10.3 Å². The van der Waals surface area contributed by atoms with Gasteiger partial charge in [-0.15, -0.1) is 0 Å². The Balaban J connectivity index is 2.29. The number of nitrogens with one attached hydrogen (secondary N) is 1. The molecule has 0 saturated carbocycles. The van der Waals surface area contributed by atoms with Crippen LogP contribution in [-0.4, -0.2) is 9.78 Å². The molecule has 0 atom stereocenters. The van der Waals surface area contributed by atoms with E-state index in [1.165, 1.54) is 16.8 Å². The van der Waals surface area contributed by atoms with Crippen LogP contribution in [0.4, 0.5) is 4.39 Å². The topological polar surface area (TPSA) is 37.8 Å². The van der Waals surface area contributed by atoms with E-state index in [-0.39, 0.29) is 11.4 Å². The Kier molecular flexibility index (Phi) is 4.01. The molecule has 0 spiro atoms. The first kappa shape index (κ1) is 13.1. The van der Waals surface area contributed by atoms with Gasteiger partial charge in [-0.2, -0.15) is 0 Å². The summed E-state index contributed by atoms with van der Waals surface area (Å²) in [6, 6.07) is 6.25. The second-order valence-electron chi connectivity index (χ2n) is 4.18. The molecule has 0 aliphatic rings. The third-order valence-corrected chi connectivity index (χ3v) is 3.52. The molecule has 0 fully saturated rings. The molecule has 0 saturated heterocycles. The highest BCUT2D eigenvalue weighted by Crippen LogP contribution is 2.12. The molecule has 0 aliphatic carbocycles. The average Bonchev–Trinajstić information content (AvgIpc) is 2.59. The minimum atomic E-state index is -0.292. The summed E-state index contributed by atoms with van der Waals surface area (Å²) >= 11 is 3.29. The zero-order valence-corrected chi connectivity index (χ0v) is 11.6. The minimum Gasteiger partial charge on any atom is -0.298 e. The van der Waals surface area contributed by atoms with Gasteiger partial charge in [0.2, 0.25) is 0 Å². The fourth-order valence-corrected chi connectivity index (χ4v) is 2.36. The van der Waals surface area contributed by atoms with Crippen LogP contribution in [0, 0.1) is 5.82 Å². The molecular formula is C13H14BrFN2O. The van der Waals surface area contributed by atoms with Crippen LogP contribution < -0.4 is 5.56 Å². The summed E-state index contributed by atoms with van der Waals surface area (Å²) in [4.78, 5) is 11.9. The minimum absolute atomic E-state index is 0.109. The first-order chi connectivity index (χ1) is 8.61. The van der Waals surface area contributed by atoms with Gasteiger partial charge in [0.15, 0.2) is 0 Å². The van der Waals surface area contributed by atoms with Gasteiger partial charge in [0.25, 0.3) is 5.56 Å². The quantitative estimate of drug-likeness (QED) is 0.925. The van der Waals surface area contributed by atoms with Crippen molar-refractivity contribution >= 4 is 15.9 Å². The molecular weight excluding hydrogens is 299 g/mol. The van der Waals surface area contributed by atoms with Gasteiger partial charge >= 0.3 is 0 Å². The summed E-state index contributed by atoms with van der Waals surface area (Å²) in [6.07, 6.45) is 1.77. The molecule has 0 unspecified atom stereocenters. The highest BCUT2D eigenvalue weighted by atomic mass is 79.9. The Hall–Kier alpha value is -1.36. The standard InChI is InChI=1S/C13H14BrFN2O/c1-2-4-11-12(14)13(18)17(16-11)8-9-5-3-6-10(15)7-9/h3,5-7,16H,2,4,8H2,1H3. The van der Waals surface area contributed by atoms with Gasteiger partial charge in [0, 0.05) is 0 Å². The normalized spacial score (nSPS) is 10.8.